The Bertz CT molecular complexity index is 150. The van der Waals surface area contributed by atoms with Crippen LogP contribution in [0.5, 0.6) is 0 Å². The lowest BCUT2D eigenvalue weighted by Crippen LogP contribution is -2.21. The van der Waals surface area contributed by atoms with E-state index >= 15 is 0 Å². The van der Waals surface area contributed by atoms with Crippen molar-refractivity contribution in [3.63, 3.8) is 0 Å². The van der Waals surface area contributed by atoms with Crippen LogP contribution < -0.4 is 0 Å². The molecule has 1 aliphatic rings. The predicted molar refractivity (Wildman–Crippen MR) is 49.4 cm³/mol. The number of ether oxygens (including phenoxy) is 2. The average molecular weight is 186 g/mol. The van der Waals surface area contributed by atoms with E-state index in [4.69, 9.17) is 9.47 Å². The molecule has 1 saturated carbocycles. The van der Waals surface area contributed by atoms with Gasteiger partial charge in [-0.2, -0.15) is 0 Å². The topological polar surface area (TPSA) is 35.5 Å². The lowest BCUT2D eigenvalue weighted by molar-refractivity contribution is -0.150. The summed E-state index contributed by atoms with van der Waals surface area (Å²) in [5.41, 5.74) is 0. The highest BCUT2D eigenvalue weighted by Crippen LogP contribution is 2.24. The van der Waals surface area contributed by atoms with E-state index < -0.39 is 0 Å². The Kier molecular flexibility index (Phi) is 4.83. The van der Waals surface area contributed by atoms with Gasteiger partial charge in [-0.05, 0) is 12.8 Å². The van der Waals surface area contributed by atoms with Crippen LogP contribution in [0.25, 0.3) is 0 Å². The molecule has 0 saturated heterocycles. The van der Waals surface area contributed by atoms with Crippen LogP contribution in [0, 0.1) is 5.92 Å². The van der Waals surface area contributed by atoms with Crippen LogP contribution in [0.2, 0.25) is 0 Å². The second kappa shape index (κ2) is 5.97. The van der Waals surface area contributed by atoms with E-state index in [9.17, 15) is 4.79 Å². The molecule has 76 valence electrons. The van der Waals surface area contributed by atoms with Crippen molar-refractivity contribution in [3.05, 3.63) is 0 Å². The van der Waals surface area contributed by atoms with Crippen molar-refractivity contribution in [2.24, 2.45) is 5.92 Å². The smallest absolute Gasteiger partial charge is 0.309 e. The summed E-state index contributed by atoms with van der Waals surface area (Å²) in [6, 6.07) is 0. The van der Waals surface area contributed by atoms with E-state index in [0.717, 1.165) is 12.8 Å². The van der Waals surface area contributed by atoms with E-state index in [2.05, 4.69) is 0 Å². The molecule has 0 aromatic heterocycles. The third-order valence-corrected chi connectivity index (χ3v) is 2.47. The van der Waals surface area contributed by atoms with Crippen molar-refractivity contribution in [3.8, 4) is 0 Å². The van der Waals surface area contributed by atoms with Crippen LogP contribution in [0.15, 0.2) is 0 Å². The molecule has 0 N–H and O–H groups in total. The van der Waals surface area contributed by atoms with Crippen molar-refractivity contribution in [2.45, 2.75) is 32.1 Å². The predicted octanol–water partition coefficient (Wildman–Crippen LogP) is 1.76. The average Bonchev–Trinajstić information content (AvgIpc) is 2.19. The molecule has 0 unspecified atom stereocenters. The number of carbonyl (C=O) groups excluding carboxylic acids is 1. The molecular weight excluding hydrogens is 168 g/mol. The molecule has 3 nitrogen and oxygen atoms in total. The van der Waals surface area contributed by atoms with Crippen molar-refractivity contribution in [2.75, 3.05) is 20.3 Å². The molecule has 13 heavy (non-hydrogen) atoms. The Morgan fingerprint density at radius 3 is 2.54 bits per heavy atom. The molecule has 0 aromatic rings. The van der Waals surface area contributed by atoms with E-state index in [1.54, 1.807) is 7.11 Å². The van der Waals surface area contributed by atoms with Gasteiger partial charge < -0.3 is 9.47 Å². The SMILES string of the molecule is COCCOC(=O)C1CCCCC1. The maximum Gasteiger partial charge on any atom is 0.309 e. The van der Waals surface area contributed by atoms with Gasteiger partial charge in [0.2, 0.25) is 0 Å². The van der Waals surface area contributed by atoms with E-state index in [1.165, 1.54) is 19.3 Å². The molecule has 0 bridgehead atoms. The Morgan fingerprint density at radius 2 is 1.92 bits per heavy atom. The Balaban J connectivity index is 2.13. The number of methoxy groups -OCH3 is 1. The second-order valence-electron chi connectivity index (χ2n) is 3.50. The van der Waals surface area contributed by atoms with Gasteiger partial charge in [0.1, 0.15) is 6.61 Å². The van der Waals surface area contributed by atoms with Crippen molar-refractivity contribution >= 4 is 5.97 Å². The van der Waals surface area contributed by atoms with Crippen LogP contribution in [0.4, 0.5) is 0 Å². The largest absolute Gasteiger partial charge is 0.463 e. The van der Waals surface area contributed by atoms with Crippen LogP contribution in [-0.4, -0.2) is 26.3 Å². The number of hydrogen-bond acceptors (Lipinski definition) is 3. The zero-order chi connectivity index (χ0) is 9.52. The van der Waals surface area contributed by atoms with Crippen LogP contribution in [-0.2, 0) is 14.3 Å². The van der Waals surface area contributed by atoms with Crippen molar-refractivity contribution in [1.82, 2.24) is 0 Å². The Labute approximate surface area is 79.4 Å². The fraction of sp³-hybridized carbons (Fsp3) is 0.900. The van der Waals surface area contributed by atoms with E-state index in [1.807, 2.05) is 0 Å². The molecule has 1 aliphatic carbocycles. The first-order valence-corrected chi connectivity index (χ1v) is 5.00. The molecule has 3 heteroatoms. The maximum absolute atomic E-state index is 11.4. The highest BCUT2D eigenvalue weighted by Gasteiger charge is 2.21. The van der Waals surface area contributed by atoms with Gasteiger partial charge in [0.15, 0.2) is 0 Å². The molecule has 0 radical (unpaired) electrons. The quantitative estimate of drug-likeness (QED) is 0.495. The summed E-state index contributed by atoms with van der Waals surface area (Å²) in [5, 5.41) is 0. The molecule has 1 fully saturated rings. The molecular formula is C10H18O3. The minimum Gasteiger partial charge on any atom is -0.463 e. The summed E-state index contributed by atoms with van der Waals surface area (Å²) in [7, 11) is 1.61. The minimum atomic E-state index is -0.0308. The molecule has 1 rings (SSSR count). The normalized spacial score (nSPS) is 18.5. The summed E-state index contributed by atoms with van der Waals surface area (Å²) in [6.07, 6.45) is 5.62. The van der Waals surface area contributed by atoms with Gasteiger partial charge in [0.05, 0.1) is 12.5 Å². The Hall–Kier alpha value is -0.570. The highest BCUT2D eigenvalue weighted by atomic mass is 16.6. The third kappa shape index (κ3) is 3.77. The van der Waals surface area contributed by atoms with Crippen molar-refractivity contribution < 1.29 is 14.3 Å². The first kappa shape index (κ1) is 10.5. The van der Waals surface area contributed by atoms with E-state index in [-0.39, 0.29) is 11.9 Å². The van der Waals surface area contributed by atoms with Crippen LogP contribution >= 0.6 is 0 Å². The highest BCUT2D eigenvalue weighted by molar-refractivity contribution is 5.72. The van der Waals surface area contributed by atoms with Gasteiger partial charge in [-0.1, -0.05) is 19.3 Å². The number of hydrogen-bond donors (Lipinski definition) is 0. The molecule has 0 aliphatic heterocycles. The van der Waals surface area contributed by atoms with Gasteiger partial charge in [-0.3, -0.25) is 4.79 Å². The first-order chi connectivity index (χ1) is 6.34. The van der Waals surface area contributed by atoms with Gasteiger partial charge in [0.25, 0.3) is 0 Å². The molecule has 0 spiro atoms. The standard InChI is InChI=1S/C10H18O3/c1-12-7-8-13-10(11)9-5-3-2-4-6-9/h9H,2-8H2,1H3. The first-order valence-electron chi connectivity index (χ1n) is 5.00. The summed E-state index contributed by atoms with van der Waals surface area (Å²) >= 11 is 0. The van der Waals surface area contributed by atoms with E-state index in [0.29, 0.717) is 13.2 Å². The molecule has 0 atom stereocenters. The summed E-state index contributed by atoms with van der Waals surface area (Å²) in [4.78, 5) is 11.4. The minimum absolute atomic E-state index is 0.0308. The number of esters is 1. The van der Waals surface area contributed by atoms with Crippen LogP contribution in [0.3, 0.4) is 0 Å². The fourth-order valence-corrected chi connectivity index (χ4v) is 1.68. The summed E-state index contributed by atoms with van der Waals surface area (Å²) < 4.78 is 9.86. The fourth-order valence-electron chi connectivity index (χ4n) is 1.68. The van der Waals surface area contributed by atoms with Gasteiger partial charge in [-0.15, -0.1) is 0 Å². The van der Waals surface area contributed by atoms with Crippen LogP contribution in [0.1, 0.15) is 32.1 Å². The molecule has 0 aromatic carbocycles. The number of rotatable bonds is 4. The van der Waals surface area contributed by atoms with Gasteiger partial charge in [-0.25, -0.2) is 0 Å². The zero-order valence-electron chi connectivity index (χ0n) is 8.25. The molecule has 0 heterocycles. The summed E-state index contributed by atoms with van der Waals surface area (Å²) in [6.45, 7) is 0.893. The summed E-state index contributed by atoms with van der Waals surface area (Å²) in [5.74, 6) is 0.127. The lowest BCUT2D eigenvalue weighted by atomic mass is 9.89. The zero-order valence-corrected chi connectivity index (χ0v) is 8.25. The van der Waals surface area contributed by atoms with Gasteiger partial charge in [0, 0.05) is 7.11 Å². The monoisotopic (exact) mass is 186 g/mol. The number of carbonyl (C=O) groups is 1. The second-order valence-corrected chi connectivity index (χ2v) is 3.50. The van der Waals surface area contributed by atoms with Crippen molar-refractivity contribution in [1.29, 1.82) is 0 Å². The molecule has 0 amide bonds. The third-order valence-electron chi connectivity index (χ3n) is 2.47. The maximum atomic E-state index is 11.4. The lowest BCUT2D eigenvalue weighted by Gasteiger charge is -2.19. The Morgan fingerprint density at radius 1 is 1.23 bits per heavy atom. The van der Waals surface area contributed by atoms with Gasteiger partial charge >= 0.3 is 5.97 Å².